The summed E-state index contributed by atoms with van der Waals surface area (Å²) in [5.74, 6) is -1.75. The number of hydrogen-bond acceptors (Lipinski definition) is 8. The van der Waals surface area contributed by atoms with Crippen LogP contribution in [0.3, 0.4) is 0 Å². The Morgan fingerprint density at radius 1 is 1.39 bits per heavy atom. The molecule has 10 heteroatoms. The largest absolute Gasteiger partial charge is 0.469 e. The molecule has 2 heterocycles. The summed E-state index contributed by atoms with van der Waals surface area (Å²) >= 11 is 4.20. The molecule has 23 heavy (non-hydrogen) atoms. The molecule has 0 aliphatic heterocycles. The first-order valence-electron chi connectivity index (χ1n) is 6.21. The van der Waals surface area contributed by atoms with E-state index in [0.29, 0.717) is 15.5 Å². The summed E-state index contributed by atoms with van der Waals surface area (Å²) in [7, 11) is 1.28. The van der Waals surface area contributed by atoms with Crippen LogP contribution in [0.5, 0.6) is 0 Å². The molecule has 0 saturated heterocycles. The molecule has 0 fully saturated rings. The lowest BCUT2D eigenvalue weighted by molar-refractivity contribution is -0.139. The Morgan fingerprint density at radius 2 is 2.17 bits per heavy atom. The smallest absolute Gasteiger partial charge is 0.374 e. The Bertz CT molecular complexity index is 726. The lowest BCUT2D eigenvalue weighted by Gasteiger charge is -2.02. The van der Waals surface area contributed by atoms with Gasteiger partial charge in [0.25, 0.3) is 5.91 Å². The van der Waals surface area contributed by atoms with Crippen molar-refractivity contribution in [2.75, 3.05) is 19.0 Å². The number of rotatable bonds is 6. The van der Waals surface area contributed by atoms with Gasteiger partial charge in [-0.1, -0.05) is 0 Å². The van der Waals surface area contributed by atoms with Crippen molar-refractivity contribution in [3.8, 4) is 0 Å². The topological polar surface area (TPSA) is 108 Å². The fraction of sp³-hybridized carbons (Fsp3) is 0.231. The van der Waals surface area contributed by atoms with Crippen LogP contribution >= 0.6 is 27.3 Å². The fourth-order valence-electron chi connectivity index (χ4n) is 1.45. The number of nitrogens with zero attached hydrogens (tertiary/aromatic N) is 1. The highest BCUT2D eigenvalue weighted by molar-refractivity contribution is 9.10. The SMILES string of the molecule is COC(=O)Cc1csc(NC(=O)COC(=O)c2ccc(Br)o2)n1. The molecule has 1 amide bonds. The average Bonchev–Trinajstić information content (AvgIpc) is 3.14. The molecule has 0 unspecified atom stereocenters. The molecule has 0 atom stereocenters. The van der Waals surface area contributed by atoms with Gasteiger partial charge in [0.1, 0.15) is 0 Å². The normalized spacial score (nSPS) is 10.2. The van der Waals surface area contributed by atoms with E-state index in [2.05, 4.69) is 31.0 Å². The number of carbonyl (C=O) groups excluding carboxylic acids is 3. The summed E-state index contributed by atoms with van der Waals surface area (Å²) in [5, 5.41) is 4.39. The molecule has 1 N–H and O–H groups in total. The van der Waals surface area contributed by atoms with Crippen LogP contribution in [0.2, 0.25) is 0 Å². The Kier molecular flexibility index (Phi) is 5.88. The fourth-order valence-corrected chi connectivity index (χ4v) is 2.48. The molecule has 0 aliphatic rings. The average molecular weight is 403 g/mol. The van der Waals surface area contributed by atoms with Gasteiger partial charge in [0.05, 0.1) is 19.2 Å². The van der Waals surface area contributed by atoms with Crippen LogP contribution in [0, 0.1) is 0 Å². The minimum atomic E-state index is -0.753. The van der Waals surface area contributed by atoms with Gasteiger partial charge in [0, 0.05) is 5.38 Å². The molecule has 0 spiro atoms. The van der Waals surface area contributed by atoms with Crippen molar-refractivity contribution in [3.05, 3.63) is 33.6 Å². The van der Waals surface area contributed by atoms with Gasteiger partial charge in [-0.15, -0.1) is 11.3 Å². The number of ether oxygens (including phenoxy) is 2. The van der Waals surface area contributed by atoms with E-state index in [1.54, 1.807) is 5.38 Å². The maximum absolute atomic E-state index is 11.7. The van der Waals surface area contributed by atoms with E-state index in [1.165, 1.54) is 19.2 Å². The molecule has 2 aromatic rings. The molecule has 122 valence electrons. The van der Waals surface area contributed by atoms with Crippen LogP contribution in [-0.4, -0.2) is 36.5 Å². The second-order valence-electron chi connectivity index (χ2n) is 4.12. The van der Waals surface area contributed by atoms with Crippen LogP contribution in [0.4, 0.5) is 5.13 Å². The second kappa shape index (κ2) is 7.88. The minimum absolute atomic E-state index is 0.0145. The van der Waals surface area contributed by atoms with E-state index in [0.717, 1.165) is 11.3 Å². The van der Waals surface area contributed by atoms with Crippen LogP contribution in [0.15, 0.2) is 26.6 Å². The zero-order chi connectivity index (χ0) is 16.8. The van der Waals surface area contributed by atoms with Gasteiger partial charge in [-0.05, 0) is 28.1 Å². The third kappa shape index (κ3) is 5.18. The molecule has 0 saturated carbocycles. The summed E-state index contributed by atoms with van der Waals surface area (Å²) in [4.78, 5) is 38.4. The van der Waals surface area contributed by atoms with Crippen LogP contribution < -0.4 is 5.32 Å². The van der Waals surface area contributed by atoms with Crippen molar-refractivity contribution in [2.24, 2.45) is 0 Å². The number of amides is 1. The quantitative estimate of drug-likeness (QED) is 0.736. The van der Waals surface area contributed by atoms with E-state index in [4.69, 9.17) is 9.15 Å². The molecule has 0 aromatic carbocycles. The number of aromatic nitrogens is 1. The maximum atomic E-state index is 11.7. The zero-order valence-electron chi connectivity index (χ0n) is 11.8. The highest BCUT2D eigenvalue weighted by atomic mass is 79.9. The number of halogens is 1. The Balaban J connectivity index is 1.80. The first-order chi connectivity index (χ1) is 11.0. The molecule has 0 aliphatic carbocycles. The number of anilines is 1. The summed E-state index contributed by atoms with van der Waals surface area (Å²) in [6.07, 6.45) is 0.0191. The van der Waals surface area contributed by atoms with E-state index in [-0.39, 0.29) is 12.2 Å². The lowest BCUT2D eigenvalue weighted by atomic mass is 10.3. The molecule has 2 aromatic heterocycles. The standard InChI is InChI=1S/C13H11BrN2O6S/c1-20-11(18)4-7-6-23-13(15-7)16-10(17)5-21-12(19)8-2-3-9(14)22-8/h2-3,6H,4-5H2,1H3,(H,15,16,17). The monoisotopic (exact) mass is 402 g/mol. The van der Waals surface area contributed by atoms with Gasteiger partial charge in [-0.25, -0.2) is 9.78 Å². The Morgan fingerprint density at radius 3 is 2.83 bits per heavy atom. The molecule has 0 bridgehead atoms. The lowest BCUT2D eigenvalue weighted by Crippen LogP contribution is -2.20. The van der Waals surface area contributed by atoms with Gasteiger partial charge in [-0.3, -0.25) is 14.9 Å². The first kappa shape index (κ1) is 17.2. The summed E-state index contributed by atoms with van der Waals surface area (Å²) in [6, 6.07) is 2.96. The van der Waals surface area contributed by atoms with Crippen molar-refractivity contribution in [1.29, 1.82) is 0 Å². The third-order valence-corrected chi connectivity index (χ3v) is 3.69. The van der Waals surface area contributed by atoms with Crippen molar-refractivity contribution < 1.29 is 28.3 Å². The van der Waals surface area contributed by atoms with Gasteiger partial charge < -0.3 is 13.9 Å². The van der Waals surface area contributed by atoms with Crippen molar-refractivity contribution in [3.63, 3.8) is 0 Å². The van der Waals surface area contributed by atoms with Gasteiger partial charge in [0.15, 0.2) is 16.4 Å². The van der Waals surface area contributed by atoms with Crippen molar-refractivity contribution >= 4 is 50.2 Å². The Hall–Kier alpha value is -2.20. The highest BCUT2D eigenvalue weighted by Crippen LogP contribution is 2.17. The minimum Gasteiger partial charge on any atom is -0.469 e. The van der Waals surface area contributed by atoms with Crippen molar-refractivity contribution in [1.82, 2.24) is 4.98 Å². The second-order valence-corrected chi connectivity index (χ2v) is 5.76. The van der Waals surface area contributed by atoms with Crippen LogP contribution in [0.1, 0.15) is 16.2 Å². The maximum Gasteiger partial charge on any atom is 0.374 e. The van der Waals surface area contributed by atoms with Crippen molar-refractivity contribution in [2.45, 2.75) is 6.42 Å². The summed E-state index contributed by atoms with van der Waals surface area (Å²) < 4.78 is 14.7. The summed E-state index contributed by atoms with van der Waals surface area (Å²) in [6.45, 7) is -0.483. The zero-order valence-corrected chi connectivity index (χ0v) is 14.2. The number of esters is 2. The van der Waals surface area contributed by atoms with Crippen LogP contribution in [-0.2, 0) is 25.5 Å². The molecule has 2 rings (SSSR count). The van der Waals surface area contributed by atoms with E-state index >= 15 is 0 Å². The van der Waals surface area contributed by atoms with E-state index in [9.17, 15) is 14.4 Å². The highest BCUT2D eigenvalue weighted by Gasteiger charge is 2.15. The number of nitrogens with one attached hydrogen (secondary N) is 1. The number of hydrogen-bond donors (Lipinski definition) is 1. The Labute approximate surface area is 142 Å². The van der Waals surface area contributed by atoms with E-state index in [1.807, 2.05) is 0 Å². The predicted octanol–water partition coefficient (Wildman–Crippen LogP) is 2.01. The predicted molar refractivity (Wildman–Crippen MR) is 83.2 cm³/mol. The first-order valence-corrected chi connectivity index (χ1v) is 7.88. The molecule has 8 nitrogen and oxygen atoms in total. The summed E-state index contributed by atoms with van der Waals surface area (Å²) in [5.41, 5.74) is 0.481. The number of methoxy groups -OCH3 is 1. The number of carbonyl (C=O) groups is 3. The number of thiazole rings is 1. The molecular weight excluding hydrogens is 392 g/mol. The van der Waals surface area contributed by atoms with Gasteiger partial charge in [0.2, 0.25) is 5.76 Å². The van der Waals surface area contributed by atoms with Gasteiger partial charge >= 0.3 is 11.9 Å². The third-order valence-electron chi connectivity index (χ3n) is 2.46. The van der Waals surface area contributed by atoms with Gasteiger partial charge in [-0.2, -0.15) is 0 Å². The molecule has 0 radical (unpaired) electrons. The number of furan rings is 1. The van der Waals surface area contributed by atoms with Crippen LogP contribution in [0.25, 0.3) is 0 Å². The van der Waals surface area contributed by atoms with E-state index < -0.39 is 24.5 Å². The molecular formula is C13H11BrN2O6S.